The Labute approximate surface area is 242 Å². The third-order valence-corrected chi connectivity index (χ3v) is 7.88. The van der Waals surface area contributed by atoms with Gasteiger partial charge in [-0.05, 0) is 24.6 Å². The number of pyridine rings is 1. The predicted molar refractivity (Wildman–Crippen MR) is 157 cm³/mol. The summed E-state index contributed by atoms with van der Waals surface area (Å²) in [6, 6.07) is 9.56. The topological polar surface area (TPSA) is 121 Å². The van der Waals surface area contributed by atoms with E-state index in [0.717, 1.165) is 67.6 Å². The van der Waals surface area contributed by atoms with Gasteiger partial charge in [0.05, 0.1) is 31.0 Å². The van der Waals surface area contributed by atoms with E-state index in [1.165, 1.54) is 0 Å². The van der Waals surface area contributed by atoms with Gasteiger partial charge in [0, 0.05) is 81.2 Å². The quantitative estimate of drug-likeness (QED) is 0.336. The van der Waals surface area contributed by atoms with Gasteiger partial charge in [0.15, 0.2) is 0 Å². The number of rotatable bonds is 7. The maximum Gasteiger partial charge on any atom is 0.404 e. The zero-order chi connectivity index (χ0) is 28.5. The summed E-state index contributed by atoms with van der Waals surface area (Å²) in [5, 5.41) is 12.1. The number of ether oxygens (including phenoxy) is 2. The molecule has 2 saturated heterocycles. The van der Waals surface area contributed by atoms with Gasteiger partial charge in [-0.3, -0.25) is 0 Å². The van der Waals surface area contributed by atoms with Gasteiger partial charge in [-0.2, -0.15) is 4.98 Å². The van der Waals surface area contributed by atoms with Crippen LogP contribution in [0.5, 0.6) is 11.5 Å². The third-order valence-electron chi connectivity index (χ3n) is 7.59. The lowest BCUT2D eigenvalue weighted by Crippen LogP contribution is -2.47. The molecule has 0 aliphatic carbocycles. The normalized spacial score (nSPS) is 17.2. The maximum atomic E-state index is 11.0. The minimum atomic E-state index is -0.993. The van der Waals surface area contributed by atoms with E-state index in [2.05, 4.69) is 37.1 Å². The van der Waals surface area contributed by atoms with Gasteiger partial charge in [0.25, 0.3) is 0 Å². The molecule has 5 heterocycles. The van der Waals surface area contributed by atoms with E-state index in [0.29, 0.717) is 29.0 Å². The number of amides is 1. The number of carboxylic acid groups (broad SMARTS) is 1. The Morgan fingerprint density at radius 2 is 1.78 bits per heavy atom. The number of aromatic nitrogens is 4. The molecule has 4 aromatic rings. The van der Waals surface area contributed by atoms with Gasteiger partial charge in [-0.1, -0.05) is 11.6 Å². The molecule has 0 spiro atoms. The number of anilines is 3. The van der Waals surface area contributed by atoms with E-state index in [1.54, 1.807) is 26.5 Å². The molecule has 1 aromatic carbocycles. The number of nitrogens with one attached hydrogen (secondary N) is 1. The van der Waals surface area contributed by atoms with Gasteiger partial charge >= 0.3 is 6.09 Å². The number of hydrogen-bond donors (Lipinski definition) is 2. The van der Waals surface area contributed by atoms with Crippen molar-refractivity contribution in [2.75, 3.05) is 68.2 Å². The molecule has 2 N–H and O–H groups in total. The van der Waals surface area contributed by atoms with Crippen molar-refractivity contribution in [2.24, 2.45) is 0 Å². The van der Waals surface area contributed by atoms with Crippen LogP contribution < -0.4 is 29.5 Å². The molecule has 6 rings (SSSR count). The summed E-state index contributed by atoms with van der Waals surface area (Å²) in [6.45, 7) is 4.54. The van der Waals surface area contributed by atoms with Crippen LogP contribution in [-0.2, 0) is 0 Å². The van der Waals surface area contributed by atoms with Crippen LogP contribution >= 0.6 is 11.6 Å². The van der Waals surface area contributed by atoms with Gasteiger partial charge < -0.3 is 39.0 Å². The van der Waals surface area contributed by atoms with Crippen LogP contribution in [0.1, 0.15) is 6.42 Å². The Kier molecular flexibility index (Phi) is 7.31. The van der Waals surface area contributed by atoms with Gasteiger partial charge in [-0.15, -0.1) is 0 Å². The highest BCUT2D eigenvalue weighted by molar-refractivity contribution is 6.32. The first-order chi connectivity index (χ1) is 19.9. The van der Waals surface area contributed by atoms with Gasteiger partial charge in [0.1, 0.15) is 23.0 Å². The highest BCUT2D eigenvalue weighted by Crippen LogP contribution is 2.38. The third kappa shape index (κ3) is 5.47. The second-order valence-electron chi connectivity index (χ2n) is 10.0. The number of hydrogen-bond acceptors (Lipinski definition) is 9. The number of benzene rings is 1. The summed E-state index contributed by atoms with van der Waals surface area (Å²) in [6.07, 6.45) is 5.51. The van der Waals surface area contributed by atoms with Crippen molar-refractivity contribution in [3.05, 3.63) is 53.9 Å². The van der Waals surface area contributed by atoms with Crippen LogP contribution in [0.2, 0.25) is 5.02 Å². The van der Waals surface area contributed by atoms with Crippen LogP contribution in [-0.4, -0.2) is 90.1 Å². The van der Waals surface area contributed by atoms with Crippen molar-refractivity contribution >= 4 is 40.8 Å². The van der Waals surface area contributed by atoms with Crippen molar-refractivity contribution in [2.45, 2.75) is 12.5 Å². The van der Waals surface area contributed by atoms with Crippen LogP contribution in [0.25, 0.3) is 16.9 Å². The number of carbonyl (C=O) groups is 1. The summed E-state index contributed by atoms with van der Waals surface area (Å²) in [5.74, 6) is 2.70. The minimum Gasteiger partial charge on any atom is -0.496 e. The first-order valence-corrected chi connectivity index (χ1v) is 13.8. The van der Waals surface area contributed by atoms with Crippen LogP contribution in [0.15, 0.2) is 48.9 Å². The lowest BCUT2D eigenvalue weighted by molar-refractivity contribution is 0.191. The summed E-state index contributed by atoms with van der Waals surface area (Å²) in [4.78, 5) is 31.8. The summed E-state index contributed by atoms with van der Waals surface area (Å²) in [5.41, 5.74) is 3.47. The molecule has 3 aromatic heterocycles. The molecule has 0 bridgehead atoms. The molecule has 41 heavy (non-hydrogen) atoms. The van der Waals surface area contributed by atoms with Crippen LogP contribution in [0.3, 0.4) is 0 Å². The summed E-state index contributed by atoms with van der Waals surface area (Å²) >= 11 is 6.39. The molecule has 2 aliphatic rings. The molecule has 12 nitrogen and oxygen atoms in total. The van der Waals surface area contributed by atoms with E-state index >= 15 is 0 Å². The molecule has 0 radical (unpaired) electrons. The molecule has 0 saturated carbocycles. The van der Waals surface area contributed by atoms with Crippen molar-refractivity contribution < 1.29 is 19.4 Å². The summed E-state index contributed by atoms with van der Waals surface area (Å²) in [7, 11) is 3.19. The SMILES string of the molecule is COc1cc(OC)c(-c2cn3ccc(N4CCN(c5nccc(N6CCC(NC(=O)O)C6)n5)CC4)cc3n2)cc1Cl. The zero-order valence-corrected chi connectivity index (χ0v) is 23.6. The standard InChI is InChI=1S/C28H31ClN8O4/c1-40-23-15-24(41-2)21(29)14-20(23)22-17-37-8-5-19(13-26(37)32-22)34-9-11-35(12-10-34)27-30-6-3-25(33-27)36-7-4-18(16-36)31-28(38)39/h3,5-6,8,13-15,17-18,31H,4,7,9-12,16H2,1-2H3,(H,38,39). The van der Waals surface area contributed by atoms with Crippen molar-refractivity contribution in [3.63, 3.8) is 0 Å². The fraction of sp³-hybridized carbons (Fsp3) is 0.357. The van der Waals surface area contributed by atoms with Crippen LogP contribution in [0.4, 0.5) is 22.2 Å². The second-order valence-corrected chi connectivity index (χ2v) is 10.4. The monoisotopic (exact) mass is 578 g/mol. The van der Waals surface area contributed by atoms with E-state index in [9.17, 15) is 4.79 Å². The molecule has 1 unspecified atom stereocenters. The van der Waals surface area contributed by atoms with E-state index in [4.69, 9.17) is 36.1 Å². The van der Waals surface area contributed by atoms with E-state index in [1.807, 2.05) is 28.9 Å². The van der Waals surface area contributed by atoms with Gasteiger partial charge in [-0.25, -0.2) is 14.8 Å². The van der Waals surface area contributed by atoms with Crippen LogP contribution in [0, 0.1) is 0 Å². The van der Waals surface area contributed by atoms with E-state index in [-0.39, 0.29) is 6.04 Å². The highest BCUT2D eigenvalue weighted by Gasteiger charge is 2.26. The first-order valence-electron chi connectivity index (χ1n) is 13.4. The molecule has 2 fully saturated rings. The Balaban J connectivity index is 1.14. The highest BCUT2D eigenvalue weighted by atomic mass is 35.5. The number of halogens is 1. The average molecular weight is 579 g/mol. The molecule has 214 valence electrons. The molecule has 13 heteroatoms. The fourth-order valence-corrected chi connectivity index (χ4v) is 5.69. The average Bonchev–Trinajstić information content (AvgIpc) is 3.63. The number of methoxy groups -OCH3 is 2. The smallest absolute Gasteiger partial charge is 0.404 e. The number of nitrogens with zero attached hydrogens (tertiary/aromatic N) is 7. The number of imidazole rings is 1. The Morgan fingerprint density at radius 3 is 2.54 bits per heavy atom. The lowest BCUT2D eigenvalue weighted by Gasteiger charge is -2.36. The van der Waals surface area contributed by atoms with Crippen molar-refractivity contribution in [3.8, 4) is 22.8 Å². The number of piperazine rings is 1. The van der Waals surface area contributed by atoms with Crippen molar-refractivity contribution in [1.82, 2.24) is 24.7 Å². The molecule has 2 aliphatic heterocycles. The molecular formula is C28H31ClN8O4. The molecule has 1 amide bonds. The zero-order valence-electron chi connectivity index (χ0n) is 22.8. The largest absolute Gasteiger partial charge is 0.496 e. The predicted octanol–water partition coefficient (Wildman–Crippen LogP) is 3.63. The first kappa shape index (κ1) is 26.8. The minimum absolute atomic E-state index is 0.0889. The molecule has 1 atom stereocenters. The number of fused-ring (bicyclic) bond motifs is 1. The maximum absolute atomic E-state index is 11.0. The lowest BCUT2D eigenvalue weighted by atomic mass is 10.1. The molecular weight excluding hydrogens is 548 g/mol. The fourth-order valence-electron chi connectivity index (χ4n) is 5.45. The van der Waals surface area contributed by atoms with E-state index < -0.39 is 6.09 Å². The Bertz CT molecular complexity index is 1570. The van der Waals surface area contributed by atoms with Crippen molar-refractivity contribution in [1.29, 1.82) is 0 Å². The second kappa shape index (κ2) is 11.2. The Morgan fingerprint density at radius 1 is 1.00 bits per heavy atom. The Hall–Kier alpha value is -4.45. The summed E-state index contributed by atoms with van der Waals surface area (Å²) < 4.78 is 12.9. The van der Waals surface area contributed by atoms with Gasteiger partial charge in [0.2, 0.25) is 5.95 Å².